The predicted molar refractivity (Wildman–Crippen MR) is 81.5 cm³/mol. The molecule has 0 atom stereocenters. The average molecular weight is 298 g/mol. The number of halogens is 1. The standard InChI is InChI=1S/C16H12ClN3O/c1-21-14-5-3-2-4-12(14)16-13(6-8-18)20-9-7-11(17)10-15(20)19-16/h2-5,7,9-10H,6H2,1H3. The van der Waals surface area contributed by atoms with Crippen LogP contribution in [0.4, 0.5) is 0 Å². The maximum atomic E-state index is 9.10. The van der Waals surface area contributed by atoms with Gasteiger partial charge in [0.2, 0.25) is 0 Å². The molecule has 0 aliphatic heterocycles. The lowest BCUT2D eigenvalue weighted by Gasteiger charge is -2.07. The van der Waals surface area contributed by atoms with Crippen LogP contribution < -0.4 is 4.74 Å². The van der Waals surface area contributed by atoms with E-state index >= 15 is 0 Å². The fourth-order valence-electron chi connectivity index (χ4n) is 2.37. The van der Waals surface area contributed by atoms with E-state index in [2.05, 4.69) is 11.1 Å². The first kappa shape index (κ1) is 13.5. The molecule has 0 N–H and O–H groups in total. The van der Waals surface area contributed by atoms with E-state index in [1.54, 1.807) is 19.2 Å². The number of hydrogen-bond acceptors (Lipinski definition) is 3. The Morgan fingerprint density at radius 2 is 2.14 bits per heavy atom. The summed E-state index contributed by atoms with van der Waals surface area (Å²) >= 11 is 6.02. The van der Waals surface area contributed by atoms with Crippen LogP contribution in [-0.2, 0) is 6.42 Å². The van der Waals surface area contributed by atoms with Crippen LogP contribution in [0.3, 0.4) is 0 Å². The van der Waals surface area contributed by atoms with Crippen LogP contribution in [0.15, 0.2) is 42.6 Å². The minimum atomic E-state index is 0.260. The van der Waals surface area contributed by atoms with Crippen molar-refractivity contribution in [3.63, 3.8) is 0 Å². The van der Waals surface area contributed by atoms with Gasteiger partial charge in [0.05, 0.1) is 31.0 Å². The summed E-state index contributed by atoms with van der Waals surface area (Å²) in [5, 5.41) is 9.72. The van der Waals surface area contributed by atoms with Gasteiger partial charge in [0.25, 0.3) is 0 Å². The van der Waals surface area contributed by atoms with Gasteiger partial charge in [-0.2, -0.15) is 5.26 Å². The molecule has 0 saturated heterocycles. The Kier molecular flexibility index (Phi) is 3.51. The normalized spacial score (nSPS) is 10.5. The van der Waals surface area contributed by atoms with Crippen LogP contribution >= 0.6 is 11.6 Å². The predicted octanol–water partition coefficient (Wildman–Crippen LogP) is 3.73. The number of rotatable bonds is 3. The Balaban J connectivity index is 2.31. The Labute approximate surface area is 127 Å². The molecule has 5 heteroatoms. The lowest BCUT2D eigenvalue weighted by atomic mass is 10.1. The molecule has 0 spiro atoms. The molecule has 4 nitrogen and oxygen atoms in total. The number of imidazole rings is 1. The van der Waals surface area contributed by atoms with Crippen LogP contribution in [0.2, 0.25) is 5.02 Å². The van der Waals surface area contributed by atoms with Crippen molar-refractivity contribution in [1.29, 1.82) is 5.26 Å². The van der Waals surface area contributed by atoms with E-state index in [4.69, 9.17) is 21.6 Å². The molecule has 3 rings (SSSR count). The van der Waals surface area contributed by atoms with Crippen LogP contribution in [0, 0.1) is 11.3 Å². The minimum Gasteiger partial charge on any atom is -0.496 e. The molecule has 0 aliphatic carbocycles. The van der Waals surface area contributed by atoms with E-state index in [-0.39, 0.29) is 6.42 Å². The van der Waals surface area contributed by atoms with Crippen LogP contribution in [0.5, 0.6) is 5.75 Å². The second-order valence-corrected chi connectivity index (χ2v) is 4.95. The number of nitrogens with zero attached hydrogens (tertiary/aromatic N) is 3. The second-order valence-electron chi connectivity index (χ2n) is 4.52. The van der Waals surface area contributed by atoms with Gasteiger partial charge in [0, 0.05) is 22.8 Å². The first-order valence-electron chi connectivity index (χ1n) is 6.41. The molecule has 2 aromatic heterocycles. The summed E-state index contributed by atoms with van der Waals surface area (Å²) in [4.78, 5) is 4.62. The van der Waals surface area contributed by atoms with Crippen LogP contribution in [-0.4, -0.2) is 16.5 Å². The van der Waals surface area contributed by atoms with Gasteiger partial charge in [-0.3, -0.25) is 0 Å². The first-order chi connectivity index (χ1) is 10.2. The first-order valence-corrected chi connectivity index (χ1v) is 6.79. The Bertz CT molecular complexity index is 848. The summed E-state index contributed by atoms with van der Waals surface area (Å²) in [6, 6.07) is 13.4. The number of aromatic nitrogens is 2. The van der Waals surface area contributed by atoms with Crippen molar-refractivity contribution in [1.82, 2.24) is 9.38 Å². The van der Waals surface area contributed by atoms with Gasteiger partial charge in [-0.15, -0.1) is 0 Å². The SMILES string of the molecule is COc1ccccc1-c1nc2cc(Cl)ccn2c1CC#N. The molecule has 0 unspecified atom stereocenters. The van der Waals surface area contributed by atoms with Crippen LogP contribution in [0.1, 0.15) is 5.69 Å². The van der Waals surface area contributed by atoms with Crippen LogP contribution in [0.25, 0.3) is 16.9 Å². The van der Waals surface area contributed by atoms with Gasteiger partial charge in [-0.05, 0) is 18.2 Å². The van der Waals surface area contributed by atoms with Gasteiger partial charge >= 0.3 is 0 Å². The molecular formula is C16H12ClN3O. The molecule has 1 aromatic carbocycles. The maximum absolute atomic E-state index is 9.10. The van der Waals surface area contributed by atoms with Gasteiger partial charge < -0.3 is 9.14 Å². The number of benzene rings is 1. The molecule has 2 heterocycles. The van der Waals surface area contributed by atoms with Crippen molar-refractivity contribution in [3.8, 4) is 23.1 Å². The van der Waals surface area contributed by atoms with Crippen molar-refractivity contribution in [2.24, 2.45) is 0 Å². The summed E-state index contributed by atoms with van der Waals surface area (Å²) in [7, 11) is 1.62. The smallest absolute Gasteiger partial charge is 0.139 e. The number of nitriles is 1. The summed E-state index contributed by atoms with van der Waals surface area (Å²) in [6.45, 7) is 0. The highest BCUT2D eigenvalue weighted by atomic mass is 35.5. The topological polar surface area (TPSA) is 50.3 Å². The highest BCUT2D eigenvalue weighted by molar-refractivity contribution is 6.30. The Hall–Kier alpha value is -2.51. The zero-order valence-electron chi connectivity index (χ0n) is 11.4. The average Bonchev–Trinajstić information content (AvgIpc) is 2.85. The van der Waals surface area contributed by atoms with E-state index in [0.29, 0.717) is 10.7 Å². The number of pyridine rings is 1. The number of hydrogen-bond donors (Lipinski definition) is 0. The quantitative estimate of drug-likeness (QED) is 0.740. The highest BCUT2D eigenvalue weighted by Crippen LogP contribution is 2.32. The van der Waals surface area contributed by atoms with Crippen molar-refractivity contribution in [2.75, 3.05) is 7.11 Å². The van der Waals surface area contributed by atoms with Crippen molar-refractivity contribution in [2.45, 2.75) is 6.42 Å². The molecule has 3 aromatic rings. The van der Waals surface area contributed by atoms with Gasteiger partial charge in [-0.25, -0.2) is 4.98 Å². The van der Waals surface area contributed by atoms with E-state index in [0.717, 1.165) is 22.7 Å². The van der Waals surface area contributed by atoms with E-state index in [9.17, 15) is 0 Å². The zero-order valence-corrected chi connectivity index (χ0v) is 12.1. The fraction of sp³-hybridized carbons (Fsp3) is 0.125. The third-order valence-corrected chi connectivity index (χ3v) is 3.53. The molecule has 104 valence electrons. The zero-order chi connectivity index (χ0) is 14.8. The number of para-hydroxylation sites is 1. The molecule has 21 heavy (non-hydrogen) atoms. The molecule has 0 bridgehead atoms. The highest BCUT2D eigenvalue weighted by Gasteiger charge is 2.16. The van der Waals surface area contributed by atoms with Crippen molar-refractivity contribution < 1.29 is 4.74 Å². The molecule has 0 radical (unpaired) electrons. The van der Waals surface area contributed by atoms with E-state index in [1.165, 1.54) is 0 Å². The summed E-state index contributed by atoms with van der Waals surface area (Å²) in [5.41, 5.74) is 3.16. The minimum absolute atomic E-state index is 0.260. The lowest BCUT2D eigenvalue weighted by Crippen LogP contribution is -1.94. The summed E-state index contributed by atoms with van der Waals surface area (Å²) in [6.07, 6.45) is 2.09. The van der Waals surface area contributed by atoms with Crippen molar-refractivity contribution in [3.05, 3.63) is 53.3 Å². The maximum Gasteiger partial charge on any atom is 0.139 e. The van der Waals surface area contributed by atoms with Gasteiger partial charge in [0.1, 0.15) is 11.4 Å². The third-order valence-electron chi connectivity index (χ3n) is 3.30. The fourth-order valence-corrected chi connectivity index (χ4v) is 2.52. The number of methoxy groups -OCH3 is 1. The molecule has 0 fully saturated rings. The number of fused-ring (bicyclic) bond motifs is 1. The van der Waals surface area contributed by atoms with E-state index in [1.807, 2.05) is 34.9 Å². The third kappa shape index (κ3) is 2.32. The summed E-state index contributed by atoms with van der Waals surface area (Å²) < 4.78 is 7.28. The van der Waals surface area contributed by atoms with E-state index < -0.39 is 0 Å². The van der Waals surface area contributed by atoms with Gasteiger partial charge in [0.15, 0.2) is 0 Å². The van der Waals surface area contributed by atoms with Crippen molar-refractivity contribution >= 4 is 17.2 Å². The molecular weight excluding hydrogens is 286 g/mol. The molecule has 0 saturated carbocycles. The monoisotopic (exact) mass is 297 g/mol. The Morgan fingerprint density at radius 1 is 1.33 bits per heavy atom. The number of ether oxygens (including phenoxy) is 1. The largest absolute Gasteiger partial charge is 0.496 e. The lowest BCUT2D eigenvalue weighted by molar-refractivity contribution is 0.416. The molecule has 0 aliphatic rings. The Morgan fingerprint density at radius 3 is 2.90 bits per heavy atom. The summed E-state index contributed by atoms with van der Waals surface area (Å²) in [5.74, 6) is 0.728. The van der Waals surface area contributed by atoms with Gasteiger partial charge in [-0.1, -0.05) is 23.7 Å². The molecule has 0 amide bonds. The second kappa shape index (κ2) is 5.47.